The van der Waals surface area contributed by atoms with Crippen LogP contribution in [0.25, 0.3) is 0 Å². The van der Waals surface area contributed by atoms with Crippen molar-refractivity contribution in [1.82, 2.24) is 5.32 Å². The largest absolute Gasteiger partial charge is 0.402 e. The van der Waals surface area contributed by atoms with Crippen molar-refractivity contribution in [2.45, 2.75) is 109 Å². The van der Waals surface area contributed by atoms with Gasteiger partial charge in [-0.15, -0.1) is 11.8 Å². The zero-order valence-electron chi connectivity index (χ0n) is 26.5. The molecule has 7 nitrogen and oxygen atoms in total. The number of hydrogen-bond acceptors (Lipinski definition) is 9. The zero-order valence-corrected chi connectivity index (χ0v) is 30.0. The Kier molecular flexibility index (Phi) is 16.6. The molecule has 11 heteroatoms. The molecule has 3 N–H and O–H groups in total. The topological polar surface area (TPSA) is 97.2 Å². The fourth-order valence-electron chi connectivity index (χ4n) is 4.31. The van der Waals surface area contributed by atoms with Crippen LogP contribution < -0.4 is 10.5 Å². The molecule has 0 aliphatic heterocycles. The number of thioether (sulfide) groups is 2. The number of amides is 1. The Labute approximate surface area is 263 Å². The van der Waals surface area contributed by atoms with Gasteiger partial charge in [-0.25, -0.2) is 0 Å². The number of thiocarbonyl (C=S) groups is 1. The molecular formula is C30H53NO6S3Si. The van der Waals surface area contributed by atoms with Crippen LogP contribution in [0.4, 0.5) is 0 Å². The summed E-state index contributed by atoms with van der Waals surface area (Å²) in [6.45, 7) is 16.1. The molecule has 0 saturated carbocycles. The number of benzene rings is 1. The Morgan fingerprint density at radius 1 is 1.10 bits per heavy atom. The third-order valence-corrected chi connectivity index (χ3v) is 13.3. The van der Waals surface area contributed by atoms with Crippen molar-refractivity contribution < 1.29 is 28.9 Å². The number of carbonyl (C=O) groups excluding carboxylic acids is 1. The summed E-state index contributed by atoms with van der Waals surface area (Å²) in [5.74, 6) is 0.874. The minimum Gasteiger partial charge on any atom is -0.402 e. The van der Waals surface area contributed by atoms with E-state index in [1.807, 2.05) is 6.92 Å². The second-order valence-corrected chi connectivity index (χ2v) is 19.0. The van der Waals surface area contributed by atoms with Gasteiger partial charge in [0.1, 0.15) is 15.9 Å². The molecule has 1 rings (SSSR count). The van der Waals surface area contributed by atoms with Crippen molar-refractivity contribution in [3.63, 3.8) is 0 Å². The molecule has 3 atom stereocenters. The van der Waals surface area contributed by atoms with E-state index < -0.39 is 25.1 Å². The number of nitrogens with one attached hydrogen (secondary N) is 1. The number of aryl methyl sites for hydroxylation is 1. The molecule has 41 heavy (non-hydrogen) atoms. The average molecular weight is 648 g/mol. The summed E-state index contributed by atoms with van der Waals surface area (Å²) in [6, 6.07) is 8.30. The van der Waals surface area contributed by atoms with Gasteiger partial charge < -0.3 is 29.4 Å². The summed E-state index contributed by atoms with van der Waals surface area (Å²) in [7, 11) is -0.920. The monoisotopic (exact) mass is 647 g/mol. The maximum atomic E-state index is 13.0. The van der Waals surface area contributed by atoms with Crippen molar-refractivity contribution in [1.29, 1.82) is 0 Å². The predicted octanol–water partition coefficient (Wildman–Crippen LogP) is 5.40. The van der Waals surface area contributed by atoms with Gasteiger partial charge >= 0.3 is 0 Å². The van der Waals surface area contributed by atoms with E-state index in [2.05, 4.69) is 49.6 Å². The number of hydrogen-bond donors (Lipinski definition) is 3. The van der Waals surface area contributed by atoms with Gasteiger partial charge in [0.2, 0.25) is 14.2 Å². The molecule has 1 aromatic carbocycles. The van der Waals surface area contributed by atoms with Crippen LogP contribution in [0.15, 0.2) is 24.3 Å². The summed E-state index contributed by atoms with van der Waals surface area (Å²) in [5, 5.41) is 25.8. The lowest BCUT2D eigenvalue weighted by Gasteiger charge is -2.53. The Morgan fingerprint density at radius 3 is 2.27 bits per heavy atom. The summed E-state index contributed by atoms with van der Waals surface area (Å²) in [4.78, 5) is 13.0. The minimum absolute atomic E-state index is 0.0849. The predicted molar refractivity (Wildman–Crippen MR) is 181 cm³/mol. The van der Waals surface area contributed by atoms with Gasteiger partial charge in [-0.05, 0) is 83.0 Å². The first-order valence-electron chi connectivity index (χ1n) is 14.5. The Hall–Kier alpha value is -0.503. The van der Waals surface area contributed by atoms with Gasteiger partial charge in [-0.3, -0.25) is 4.79 Å². The van der Waals surface area contributed by atoms with E-state index in [9.17, 15) is 15.0 Å². The van der Waals surface area contributed by atoms with Crippen molar-refractivity contribution in [3.05, 3.63) is 29.8 Å². The molecule has 0 heterocycles. The Bertz CT molecular complexity index is 939. The van der Waals surface area contributed by atoms with Crippen molar-refractivity contribution in [2.75, 3.05) is 32.8 Å². The van der Waals surface area contributed by atoms with Crippen molar-refractivity contribution in [2.24, 2.45) is 0 Å². The van der Waals surface area contributed by atoms with Crippen LogP contribution in [0.5, 0.6) is 0 Å². The van der Waals surface area contributed by atoms with Gasteiger partial charge in [-0.2, -0.15) is 0 Å². The van der Waals surface area contributed by atoms with Crippen LogP contribution >= 0.6 is 35.7 Å². The fourth-order valence-corrected chi connectivity index (χ4v) is 9.62. The molecule has 0 bridgehead atoms. The molecule has 0 aliphatic rings. The quantitative estimate of drug-likeness (QED) is 0.0790. The van der Waals surface area contributed by atoms with E-state index in [4.69, 9.17) is 26.1 Å². The van der Waals surface area contributed by atoms with Crippen LogP contribution in [0.1, 0.15) is 72.8 Å². The number of methoxy groups -OCH3 is 1. The maximum absolute atomic E-state index is 13.0. The summed E-state index contributed by atoms with van der Waals surface area (Å²) < 4.78 is 17.9. The third kappa shape index (κ3) is 12.2. The van der Waals surface area contributed by atoms with E-state index in [1.165, 1.54) is 11.8 Å². The lowest BCUT2D eigenvalue weighted by Crippen LogP contribution is -2.68. The Balaban J connectivity index is 2.97. The van der Waals surface area contributed by atoms with Gasteiger partial charge in [0, 0.05) is 7.11 Å². The first kappa shape index (κ1) is 38.5. The van der Waals surface area contributed by atoms with E-state index in [1.54, 1.807) is 46.6 Å². The summed E-state index contributed by atoms with van der Waals surface area (Å²) in [6.07, 6.45) is 4.00. The second-order valence-electron chi connectivity index (χ2n) is 11.7. The van der Waals surface area contributed by atoms with Crippen LogP contribution in [0, 0.1) is 0 Å². The fraction of sp³-hybridized carbons (Fsp3) is 0.733. The van der Waals surface area contributed by atoms with Crippen LogP contribution in [-0.2, 0) is 25.1 Å². The second kappa shape index (κ2) is 17.7. The summed E-state index contributed by atoms with van der Waals surface area (Å²) >= 11 is 8.67. The van der Waals surface area contributed by atoms with E-state index in [-0.39, 0.29) is 17.9 Å². The molecule has 0 spiro atoms. The smallest absolute Gasteiger partial charge is 0.235 e. The molecule has 0 radical (unpaired) electrons. The highest BCUT2D eigenvalue weighted by Crippen LogP contribution is 2.40. The standard InChI is InChI=1S/C30H53NO6S3Si/c1-10-12-21-39-27(38)40-25(26(32)31-22-36-20-19-35-7)18-15-23-13-16-24(17-14-23)41(8,9)37-30(6,28(3,4)33)29(5,34)11-2/h13-14,16-17,25,33-34H,10-12,15,18-22H2,1-9H3,(H,31,32). The highest BCUT2D eigenvalue weighted by molar-refractivity contribution is 8.47. The molecule has 0 fully saturated rings. The van der Waals surface area contributed by atoms with Gasteiger partial charge in [0.25, 0.3) is 0 Å². The molecule has 236 valence electrons. The molecule has 1 aromatic rings. The Morgan fingerprint density at radius 2 is 1.73 bits per heavy atom. The van der Waals surface area contributed by atoms with Gasteiger partial charge in [-0.1, -0.05) is 68.5 Å². The van der Waals surface area contributed by atoms with E-state index >= 15 is 0 Å². The maximum Gasteiger partial charge on any atom is 0.235 e. The highest BCUT2D eigenvalue weighted by Gasteiger charge is 2.55. The molecule has 3 unspecified atom stereocenters. The van der Waals surface area contributed by atoms with E-state index in [0.717, 1.165) is 32.9 Å². The van der Waals surface area contributed by atoms with Crippen LogP contribution in [0.3, 0.4) is 0 Å². The normalized spacial score (nSPS) is 16.1. The molecular weight excluding hydrogens is 595 g/mol. The number of carbonyl (C=O) groups is 1. The van der Waals surface area contributed by atoms with Gasteiger partial charge in [0.15, 0.2) is 0 Å². The number of unbranched alkanes of at least 4 members (excludes halogenated alkanes) is 1. The van der Waals surface area contributed by atoms with E-state index in [0.29, 0.717) is 32.5 Å². The number of ether oxygens (including phenoxy) is 2. The van der Waals surface area contributed by atoms with Crippen molar-refractivity contribution in [3.8, 4) is 0 Å². The van der Waals surface area contributed by atoms with Gasteiger partial charge in [0.05, 0.1) is 29.7 Å². The first-order valence-corrected chi connectivity index (χ1v) is 19.6. The molecule has 0 aromatic heterocycles. The molecule has 0 aliphatic carbocycles. The zero-order chi connectivity index (χ0) is 31.3. The third-order valence-electron chi connectivity index (χ3n) is 7.72. The van der Waals surface area contributed by atoms with Crippen LogP contribution in [0.2, 0.25) is 13.1 Å². The minimum atomic E-state index is -2.53. The lowest BCUT2D eigenvalue weighted by molar-refractivity contribution is -0.208. The molecule has 1 amide bonds. The number of aliphatic hydroxyl groups is 2. The first-order chi connectivity index (χ1) is 19.0. The molecule has 0 saturated heterocycles. The van der Waals surface area contributed by atoms with Crippen LogP contribution in [-0.4, -0.2) is 82.8 Å². The highest BCUT2D eigenvalue weighted by atomic mass is 32.2. The van der Waals surface area contributed by atoms with Crippen molar-refractivity contribution >= 4 is 58.7 Å². The average Bonchev–Trinajstić information content (AvgIpc) is 2.90. The SMILES string of the molecule is CCCCSC(=S)SC(CCc1ccc([Si](C)(C)OC(C)(C(C)(C)O)C(C)(O)CC)cc1)C(=O)NCOCCOC. The summed E-state index contributed by atoms with van der Waals surface area (Å²) in [5.41, 5.74) is -2.52. The number of rotatable bonds is 19. The lowest BCUT2D eigenvalue weighted by atomic mass is 9.73.